The minimum atomic E-state index is -3.71. The first-order valence-corrected chi connectivity index (χ1v) is 11.9. The summed E-state index contributed by atoms with van der Waals surface area (Å²) in [4.78, 5) is 0.326. The summed E-state index contributed by atoms with van der Waals surface area (Å²) in [5, 5.41) is 0.150. The number of nitrogens with zero attached hydrogens (tertiary/aromatic N) is 1. The second-order valence-electron chi connectivity index (χ2n) is 7.77. The van der Waals surface area contributed by atoms with E-state index in [2.05, 4.69) is 17.6 Å². The van der Waals surface area contributed by atoms with E-state index in [0.29, 0.717) is 10.6 Å². The van der Waals surface area contributed by atoms with E-state index in [9.17, 15) is 8.42 Å². The van der Waals surface area contributed by atoms with Crippen molar-refractivity contribution in [3.63, 3.8) is 0 Å². The molecule has 0 N–H and O–H groups in total. The molecule has 0 aliphatic carbocycles. The van der Waals surface area contributed by atoms with E-state index in [-0.39, 0.29) is 0 Å². The van der Waals surface area contributed by atoms with Crippen molar-refractivity contribution in [2.24, 2.45) is 0 Å². The van der Waals surface area contributed by atoms with E-state index in [4.69, 9.17) is 4.74 Å². The molecule has 0 bridgehead atoms. The summed E-state index contributed by atoms with van der Waals surface area (Å²) in [6, 6.07) is 22.5. The summed E-state index contributed by atoms with van der Waals surface area (Å²) in [5.74, 6) is 0.697. The van der Waals surface area contributed by atoms with Crippen LogP contribution in [-0.4, -0.2) is 20.1 Å². The van der Waals surface area contributed by atoms with Crippen molar-refractivity contribution in [3.05, 3.63) is 95.2 Å². The molecule has 1 atom stereocenters. The van der Waals surface area contributed by atoms with Gasteiger partial charge in [0.15, 0.2) is 9.84 Å². The van der Waals surface area contributed by atoms with Crippen molar-refractivity contribution in [1.29, 1.82) is 0 Å². The highest BCUT2D eigenvalue weighted by atomic mass is 32.2. The number of benzene rings is 3. The van der Waals surface area contributed by atoms with Crippen LogP contribution in [0.5, 0.6) is 5.75 Å². The molecule has 3 aromatic carbocycles. The Morgan fingerprint density at radius 1 is 0.903 bits per heavy atom. The third kappa shape index (κ3) is 3.63. The number of aryl methyl sites for hydroxylation is 2. The molecule has 1 heterocycles. The average Bonchev–Trinajstić information content (AvgIpc) is 3.06. The second-order valence-corrected chi connectivity index (χ2v) is 9.80. The van der Waals surface area contributed by atoms with E-state index in [1.54, 1.807) is 19.2 Å². The van der Waals surface area contributed by atoms with Gasteiger partial charge in [0.25, 0.3) is 0 Å². The summed E-state index contributed by atoms with van der Waals surface area (Å²) < 4.78 is 35.6. The maximum Gasteiger partial charge on any atom is 0.189 e. The average molecular weight is 434 g/mol. The van der Waals surface area contributed by atoms with Gasteiger partial charge in [-0.05, 0) is 56.7 Å². The molecule has 0 saturated heterocycles. The molecule has 160 valence electrons. The topological polar surface area (TPSA) is 48.3 Å². The number of hydrogen-bond donors (Lipinski definition) is 0. The smallest absolute Gasteiger partial charge is 0.189 e. The third-order valence-electron chi connectivity index (χ3n) is 5.94. The number of sulfone groups is 1. The van der Waals surface area contributed by atoms with Crippen LogP contribution < -0.4 is 4.74 Å². The van der Waals surface area contributed by atoms with Gasteiger partial charge in [-0.2, -0.15) is 0 Å². The Bertz CT molecular complexity index is 1320. The van der Waals surface area contributed by atoms with Crippen molar-refractivity contribution in [2.45, 2.75) is 37.5 Å². The van der Waals surface area contributed by atoms with E-state index >= 15 is 0 Å². The molecule has 4 aromatic rings. The molecule has 0 aliphatic heterocycles. The second kappa shape index (κ2) is 8.23. The van der Waals surface area contributed by atoms with E-state index in [1.807, 2.05) is 68.4 Å². The molecule has 0 amide bonds. The van der Waals surface area contributed by atoms with E-state index in [0.717, 1.165) is 39.8 Å². The first-order chi connectivity index (χ1) is 14.9. The highest BCUT2D eigenvalue weighted by Gasteiger charge is 2.35. The fourth-order valence-corrected chi connectivity index (χ4v) is 6.25. The highest BCUT2D eigenvalue weighted by molar-refractivity contribution is 7.92. The maximum absolute atomic E-state index is 14.1. The van der Waals surface area contributed by atoms with Crippen LogP contribution in [0.1, 0.15) is 34.6 Å². The lowest BCUT2D eigenvalue weighted by atomic mass is 10.0. The molecule has 4 nitrogen and oxygen atoms in total. The van der Waals surface area contributed by atoms with Gasteiger partial charge in [0.2, 0.25) is 0 Å². The Kier molecular flexibility index (Phi) is 5.63. The van der Waals surface area contributed by atoms with Crippen molar-refractivity contribution >= 4 is 20.7 Å². The van der Waals surface area contributed by atoms with E-state index in [1.165, 1.54) is 0 Å². The Labute approximate surface area is 184 Å². The molecule has 0 fully saturated rings. The van der Waals surface area contributed by atoms with Gasteiger partial charge in [0.05, 0.1) is 12.0 Å². The van der Waals surface area contributed by atoms with Crippen molar-refractivity contribution in [3.8, 4) is 5.75 Å². The van der Waals surface area contributed by atoms with Gasteiger partial charge in [0, 0.05) is 28.7 Å². The Morgan fingerprint density at radius 3 is 2.16 bits per heavy atom. The number of rotatable bonds is 6. The Balaban J connectivity index is 2.03. The largest absolute Gasteiger partial charge is 0.497 e. The number of ether oxygens (including phenoxy) is 1. The standard InChI is InChI=1S/C26H27NO3S/c1-5-27-19(3)25(23-8-6-7-9-24(23)27)26(20-12-14-21(30-4)15-13-20)31(28,29)22-16-10-18(2)11-17-22/h6-17,26H,5H2,1-4H3. The number of aromatic nitrogens is 1. The number of hydrogen-bond acceptors (Lipinski definition) is 3. The van der Waals surface area contributed by atoms with Crippen LogP contribution in [-0.2, 0) is 16.4 Å². The molecular formula is C26H27NO3S. The molecule has 31 heavy (non-hydrogen) atoms. The van der Waals surface area contributed by atoms with E-state index < -0.39 is 15.1 Å². The molecule has 1 unspecified atom stereocenters. The van der Waals surface area contributed by atoms with Crippen LogP contribution in [0.3, 0.4) is 0 Å². The van der Waals surface area contributed by atoms with Crippen LogP contribution in [0, 0.1) is 13.8 Å². The van der Waals surface area contributed by atoms with Gasteiger partial charge in [0.1, 0.15) is 11.0 Å². The predicted molar refractivity (Wildman–Crippen MR) is 126 cm³/mol. The maximum atomic E-state index is 14.1. The molecule has 0 radical (unpaired) electrons. The molecule has 5 heteroatoms. The fourth-order valence-electron chi connectivity index (χ4n) is 4.34. The summed E-state index contributed by atoms with van der Waals surface area (Å²) in [7, 11) is -2.10. The van der Waals surface area contributed by atoms with Crippen LogP contribution in [0.25, 0.3) is 10.9 Å². The van der Waals surface area contributed by atoms with Crippen LogP contribution in [0.4, 0.5) is 0 Å². The van der Waals surface area contributed by atoms with Crippen LogP contribution in [0.15, 0.2) is 77.7 Å². The zero-order valence-electron chi connectivity index (χ0n) is 18.3. The fraction of sp³-hybridized carbons (Fsp3) is 0.231. The highest BCUT2D eigenvalue weighted by Crippen LogP contribution is 2.42. The van der Waals surface area contributed by atoms with Crippen molar-refractivity contribution in [1.82, 2.24) is 4.57 Å². The summed E-state index contributed by atoms with van der Waals surface area (Å²) in [6.45, 7) is 6.82. The van der Waals surface area contributed by atoms with Crippen molar-refractivity contribution < 1.29 is 13.2 Å². The summed E-state index contributed by atoms with van der Waals surface area (Å²) in [6.07, 6.45) is 0. The minimum absolute atomic E-state index is 0.326. The molecule has 0 spiro atoms. The Hall–Kier alpha value is -3.05. The van der Waals surface area contributed by atoms with Crippen LogP contribution in [0.2, 0.25) is 0 Å². The van der Waals surface area contributed by atoms with Gasteiger partial charge in [-0.15, -0.1) is 0 Å². The normalized spacial score (nSPS) is 12.8. The first kappa shape index (κ1) is 21.2. The zero-order chi connectivity index (χ0) is 22.2. The summed E-state index contributed by atoms with van der Waals surface area (Å²) >= 11 is 0. The van der Waals surface area contributed by atoms with Gasteiger partial charge in [-0.25, -0.2) is 8.42 Å². The van der Waals surface area contributed by atoms with Gasteiger partial charge in [-0.3, -0.25) is 0 Å². The lowest BCUT2D eigenvalue weighted by molar-refractivity contribution is 0.414. The Morgan fingerprint density at radius 2 is 1.55 bits per heavy atom. The number of para-hydroxylation sites is 1. The lowest BCUT2D eigenvalue weighted by Crippen LogP contribution is -2.16. The lowest BCUT2D eigenvalue weighted by Gasteiger charge is -2.20. The third-order valence-corrected chi connectivity index (χ3v) is 7.99. The zero-order valence-corrected chi connectivity index (χ0v) is 19.1. The molecule has 1 aromatic heterocycles. The summed E-state index contributed by atoms with van der Waals surface area (Å²) in [5.41, 5.74) is 4.61. The molecule has 4 rings (SSSR count). The number of methoxy groups -OCH3 is 1. The van der Waals surface area contributed by atoms with Gasteiger partial charge < -0.3 is 9.30 Å². The molecule has 0 aliphatic rings. The number of fused-ring (bicyclic) bond motifs is 1. The predicted octanol–water partition coefficient (Wildman–Crippen LogP) is 5.85. The monoisotopic (exact) mass is 433 g/mol. The quantitative estimate of drug-likeness (QED) is 0.383. The first-order valence-electron chi connectivity index (χ1n) is 10.4. The molecular weight excluding hydrogens is 406 g/mol. The van der Waals surface area contributed by atoms with Gasteiger partial charge in [-0.1, -0.05) is 48.0 Å². The minimum Gasteiger partial charge on any atom is -0.497 e. The molecule has 0 saturated carbocycles. The van der Waals surface area contributed by atoms with Crippen LogP contribution >= 0.6 is 0 Å². The van der Waals surface area contributed by atoms with Gasteiger partial charge >= 0.3 is 0 Å². The SMILES string of the molecule is CCn1c(C)c(C(c2ccc(OC)cc2)S(=O)(=O)c2ccc(C)cc2)c2ccccc21. The van der Waals surface area contributed by atoms with Crippen molar-refractivity contribution in [2.75, 3.05) is 7.11 Å².